The Morgan fingerprint density at radius 3 is 2.37 bits per heavy atom. The molecule has 0 fully saturated rings. The molecule has 0 aliphatic carbocycles. The van der Waals surface area contributed by atoms with Gasteiger partial charge in [-0.1, -0.05) is 0 Å². The Balaban J connectivity index is 2.77. The average Bonchev–Trinajstić information content (AvgIpc) is 2.74. The molecule has 0 radical (unpaired) electrons. The molecule has 5 nitrogen and oxygen atoms in total. The van der Waals surface area contributed by atoms with E-state index in [-0.39, 0.29) is 19.4 Å². The Bertz CT molecular complexity index is 432. The van der Waals surface area contributed by atoms with Gasteiger partial charge in [-0.2, -0.15) is 5.10 Å². The predicted molar refractivity (Wildman–Crippen MR) is 70.2 cm³/mol. The van der Waals surface area contributed by atoms with Crippen LogP contribution in [0.5, 0.6) is 0 Å². The van der Waals surface area contributed by atoms with E-state index in [1.807, 2.05) is 6.26 Å². The van der Waals surface area contributed by atoms with Gasteiger partial charge in [0.2, 0.25) is 0 Å². The van der Waals surface area contributed by atoms with E-state index in [2.05, 4.69) is 5.10 Å². The van der Waals surface area contributed by atoms with Crippen LogP contribution < -0.4 is 0 Å². The molecular formula is C10H17F2N2O3PS. The van der Waals surface area contributed by atoms with Gasteiger partial charge >= 0.3 is 7.60 Å². The molecule has 0 aromatic carbocycles. The topological polar surface area (TPSA) is 53.4 Å². The van der Waals surface area contributed by atoms with Gasteiger partial charge < -0.3 is 9.05 Å². The maximum Gasteiger partial charge on any atom is 0.336 e. The fourth-order valence-corrected chi connectivity index (χ4v) is 3.51. The summed E-state index contributed by atoms with van der Waals surface area (Å²) >= 11 is 1.49. The highest BCUT2D eigenvalue weighted by molar-refractivity contribution is 7.98. The van der Waals surface area contributed by atoms with E-state index in [9.17, 15) is 13.3 Å². The van der Waals surface area contributed by atoms with Crippen molar-refractivity contribution in [3.63, 3.8) is 0 Å². The fourth-order valence-electron chi connectivity index (χ4n) is 1.45. The number of thioether (sulfide) groups is 1. The van der Waals surface area contributed by atoms with Crippen molar-refractivity contribution in [2.45, 2.75) is 11.2 Å². The summed E-state index contributed by atoms with van der Waals surface area (Å²) in [5.74, 6) is 0. The summed E-state index contributed by atoms with van der Waals surface area (Å²) in [6.07, 6.45) is 1.79. The maximum atomic E-state index is 12.3. The lowest BCUT2D eigenvalue weighted by Crippen LogP contribution is -2.04. The van der Waals surface area contributed by atoms with Gasteiger partial charge in [0.1, 0.15) is 13.3 Å². The van der Waals surface area contributed by atoms with Crippen molar-refractivity contribution in [1.29, 1.82) is 0 Å². The van der Waals surface area contributed by atoms with Crippen LogP contribution >= 0.6 is 19.4 Å². The summed E-state index contributed by atoms with van der Waals surface area (Å²) in [6.45, 7) is -2.24. The van der Waals surface area contributed by atoms with Gasteiger partial charge in [0.15, 0.2) is 0 Å². The molecule has 1 heterocycles. The van der Waals surface area contributed by atoms with E-state index in [0.29, 0.717) is 5.69 Å². The Hall–Kier alpha value is -0.430. The Kier molecular flexibility index (Phi) is 6.99. The van der Waals surface area contributed by atoms with Crippen LogP contribution in [0, 0.1) is 0 Å². The predicted octanol–water partition coefficient (Wildman–Crippen LogP) is 2.81. The number of hydrogen-bond acceptors (Lipinski definition) is 5. The highest BCUT2D eigenvalue weighted by atomic mass is 32.2. The molecule has 19 heavy (non-hydrogen) atoms. The van der Waals surface area contributed by atoms with Gasteiger partial charge in [-0.25, -0.2) is 8.78 Å². The van der Waals surface area contributed by atoms with Crippen molar-refractivity contribution in [2.24, 2.45) is 7.05 Å². The zero-order valence-electron chi connectivity index (χ0n) is 10.8. The molecule has 9 heteroatoms. The first kappa shape index (κ1) is 16.6. The molecular weight excluding hydrogens is 297 g/mol. The lowest BCUT2D eigenvalue weighted by Gasteiger charge is -2.16. The molecule has 0 amide bonds. The van der Waals surface area contributed by atoms with E-state index in [1.54, 1.807) is 17.8 Å². The van der Waals surface area contributed by atoms with Crippen LogP contribution in [0.3, 0.4) is 0 Å². The molecule has 0 spiro atoms. The van der Waals surface area contributed by atoms with Crippen molar-refractivity contribution in [3.05, 3.63) is 11.8 Å². The molecule has 0 bridgehead atoms. The summed E-state index contributed by atoms with van der Waals surface area (Å²) in [4.78, 5) is 0. The fraction of sp³-hybridized carbons (Fsp3) is 0.700. The molecule has 0 aliphatic rings. The molecule has 0 saturated heterocycles. The summed E-state index contributed by atoms with van der Waals surface area (Å²) in [7, 11) is -1.80. The minimum absolute atomic E-state index is 0.0958. The Morgan fingerprint density at radius 1 is 1.37 bits per heavy atom. The molecule has 0 aliphatic heterocycles. The van der Waals surface area contributed by atoms with Gasteiger partial charge in [0, 0.05) is 7.05 Å². The number of halogens is 2. The minimum atomic E-state index is -3.56. The third kappa shape index (κ3) is 5.22. The van der Waals surface area contributed by atoms with Crippen molar-refractivity contribution in [2.75, 3.05) is 32.8 Å². The van der Waals surface area contributed by atoms with Crippen LogP contribution in [0.1, 0.15) is 5.69 Å². The van der Waals surface area contributed by atoms with Gasteiger partial charge in [-0.15, -0.1) is 11.8 Å². The van der Waals surface area contributed by atoms with E-state index in [0.717, 1.165) is 5.03 Å². The monoisotopic (exact) mass is 314 g/mol. The molecule has 0 N–H and O–H groups in total. The highest BCUT2D eigenvalue weighted by Gasteiger charge is 2.27. The standard InChI is InChI=1S/C10H17F2N2O3PS/c1-14-10(19-2)7-9(13-14)8-18(15,16-5-3-11)17-6-4-12/h7H,3-6,8H2,1-2H3. The molecule has 110 valence electrons. The average molecular weight is 314 g/mol. The first-order chi connectivity index (χ1) is 9.04. The number of aromatic nitrogens is 2. The number of rotatable bonds is 9. The smallest absolute Gasteiger partial charge is 0.306 e. The van der Waals surface area contributed by atoms with Gasteiger partial charge in [-0.3, -0.25) is 9.25 Å². The first-order valence-electron chi connectivity index (χ1n) is 5.61. The van der Waals surface area contributed by atoms with E-state index in [4.69, 9.17) is 9.05 Å². The summed E-state index contributed by atoms with van der Waals surface area (Å²) in [5, 5.41) is 5.05. The van der Waals surface area contributed by atoms with Gasteiger partial charge in [0.25, 0.3) is 0 Å². The van der Waals surface area contributed by atoms with Gasteiger partial charge in [0.05, 0.1) is 30.1 Å². The van der Waals surface area contributed by atoms with Crippen LogP contribution in [0.4, 0.5) is 8.78 Å². The highest BCUT2D eigenvalue weighted by Crippen LogP contribution is 2.51. The van der Waals surface area contributed by atoms with Crippen LogP contribution in [0.2, 0.25) is 0 Å². The van der Waals surface area contributed by atoms with Crippen LogP contribution in [-0.4, -0.2) is 42.6 Å². The summed E-state index contributed by atoms with van der Waals surface area (Å²) in [6, 6.07) is 1.74. The second-order valence-corrected chi connectivity index (χ2v) is 6.50. The molecule has 1 aromatic rings. The van der Waals surface area contributed by atoms with E-state index >= 15 is 0 Å². The quantitative estimate of drug-likeness (QED) is 0.518. The second kappa shape index (κ2) is 7.99. The number of alkyl halides is 2. The lowest BCUT2D eigenvalue weighted by molar-refractivity contribution is 0.180. The number of aryl methyl sites for hydroxylation is 1. The van der Waals surface area contributed by atoms with Crippen molar-refractivity contribution < 1.29 is 22.4 Å². The molecule has 0 atom stereocenters. The van der Waals surface area contributed by atoms with Crippen LogP contribution in [0.25, 0.3) is 0 Å². The third-order valence-electron chi connectivity index (χ3n) is 2.18. The molecule has 1 rings (SSSR count). The molecule has 0 unspecified atom stereocenters. The number of hydrogen-bond donors (Lipinski definition) is 0. The molecule has 0 saturated carbocycles. The molecule has 1 aromatic heterocycles. The zero-order chi connectivity index (χ0) is 14.3. The van der Waals surface area contributed by atoms with Crippen molar-refractivity contribution >= 4 is 19.4 Å². The minimum Gasteiger partial charge on any atom is -0.306 e. The normalized spacial score (nSPS) is 12.0. The number of nitrogens with zero attached hydrogens (tertiary/aromatic N) is 2. The van der Waals surface area contributed by atoms with Crippen LogP contribution in [0.15, 0.2) is 11.1 Å². The van der Waals surface area contributed by atoms with E-state index in [1.165, 1.54) is 11.8 Å². The lowest BCUT2D eigenvalue weighted by atomic mass is 10.5. The van der Waals surface area contributed by atoms with Gasteiger partial charge in [-0.05, 0) is 12.3 Å². The maximum absolute atomic E-state index is 12.3. The van der Waals surface area contributed by atoms with E-state index < -0.39 is 20.9 Å². The SMILES string of the molecule is CSc1cc(CP(=O)(OCCF)OCCF)nn1C. The largest absolute Gasteiger partial charge is 0.336 e. The third-order valence-corrected chi connectivity index (χ3v) is 4.85. The van der Waals surface area contributed by atoms with Crippen molar-refractivity contribution in [1.82, 2.24) is 9.78 Å². The zero-order valence-corrected chi connectivity index (χ0v) is 12.6. The Morgan fingerprint density at radius 2 is 1.95 bits per heavy atom. The Labute approximate surface area is 115 Å². The van der Waals surface area contributed by atoms with Crippen LogP contribution in [-0.2, 0) is 26.8 Å². The first-order valence-corrected chi connectivity index (χ1v) is 8.57. The summed E-state index contributed by atoms with van der Waals surface area (Å²) in [5.41, 5.74) is 0.507. The van der Waals surface area contributed by atoms with Crippen molar-refractivity contribution in [3.8, 4) is 0 Å². The summed E-state index contributed by atoms with van der Waals surface area (Å²) < 4.78 is 47.9. The second-order valence-electron chi connectivity index (χ2n) is 3.62.